The van der Waals surface area contributed by atoms with Crippen LogP contribution in [-0.4, -0.2) is 27.5 Å². The minimum atomic E-state index is -0.241. The van der Waals surface area contributed by atoms with E-state index in [1.807, 2.05) is 6.92 Å². The zero-order valence-corrected chi connectivity index (χ0v) is 15.9. The first-order chi connectivity index (χ1) is 12.2. The molecule has 2 unspecified atom stereocenters. The van der Waals surface area contributed by atoms with Gasteiger partial charge >= 0.3 is 0 Å². The summed E-state index contributed by atoms with van der Waals surface area (Å²) in [6.07, 6.45) is 6.46. The van der Waals surface area contributed by atoms with Crippen LogP contribution in [0.1, 0.15) is 43.0 Å². The molecule has 1 aliphatic heterocycles. The number of hydrogen-bond donors (Lipinski definition) is 0. The van der Waals surface area contributed by atoms with E-state index in [2.05, 4.69) is 6.07 Å². The van der Waals surface area contributed by atoms with Crippen molar-refractivity contribution in [3.05, 3.63) is 20.8 Å². The molecule has 25 heavy (non-hydrogen) atoms. The number of rotatable bonds is 4. The molecule has 1 saturated heterocycles. The van der Waals surface area contributed by atoms with Gasteiger partial charge in [0.15, 0.2) is 5.16 Å². The minimum Gasteiger partial charge on any atom is -0.376 e. The molecule has 0 spiro atoms. The zero-order valence-electron chi connectivity index (χ0n) is 14.3. The van der Waals surface area contributed by atoms with Crippen molar-refractivity contribution in [2.24, 2.45) is 0 Å². The van der Waals surface area contributed by atoms with E-state index in [0.29, 0.717) is 11.7 Å². The Hall–Kier alpha value is -1.36. The summed E-state index contributed by atoms with van der Waals surface area (Å²) in [5.41, 5.74) is 1.27. The third kappa shape index (κ3) is 3.23. The Balaban J connectivity index is 1.85. The van der Waals surface area contributed by atoms with Gasteiger partial charge in [0.2, 0.25) is 0 Å². The first-order valence-electron chi connectivity index (χ1n) is 8.90. The highest BCUT2D eigenvalue weighted by Gasteiger charge is 2.25. The lowest BCUT2D eigenvalue weighted by Gasteiger charge is -2.16. The Labute approximate surface area is 155 Å². The van der Waals surface area contributed by atoms with Gasteiger partial charge in [-0.25, -0.2) is 4.98 Å². The van der Waals surface area contributed by atoms with E-state index >= 15 is 0 Å². The molecule has 7 heteroatoms. The lowest BCUT2D eigenvalue weighted by Crippen LogP contribution is -2.29. The van der Waals surface area contributed by atoms with E-state index in [1.54, 1.807) is 15.9 Å². The molecule has 2 aliphatic rings. The van der Waals surface area contributed by atoms with Gasteiger partial charge in [-0.2, -0.15) is 5.26 Å². The number of hydrogen-bond acceptors (Lipinski definition) is 6. The summed E-state index contributed by atoms with van der Waals surface area (Å²) < 4.78 is 7.51. The quantitative estimate of drug-likeness (QED) is 0.604. The van der Waals surface area contributed by atoms with Gasteiger partial charge < -0.3 is 4.74 Å². The van der Waals surface area contributed by atoms with Crippen molar-refractivity contribution in [2.45, 2.75) is 68.5 Å². The highest BCUT2D eigenvalue weighted by Crippen LogP contribution is 2.35. The van der Waals surface area contributed by atoms with Crippen molar-refractivity contribution >= 4 is 33.3 Å². The Kier molecular flexibility index (Phi) is 4.85. The number of aryl methyl sites for hydroxylation is 2. The van der Waals surface area contributed by atoms with Crippen molar-refractivity contribution in [3.63, 3.8) is 0 Å². The molecule has 0 saturated carbocycles. The summed E-state index contributed by atoms with van der Waals surface area (Å²) >= 11 is 3.03. The number of aromatic nitrogens is 2. The maximum atomic E-state index is 13.3. The highest BCUT2D eigenvalue weighted by atomic mass is 32.2. The number of nitriles is 1. The standard InChI is InChI=1S/C18H21N3O2S2/c1-11(9-19)24-18-20-16-15(13-6-2-3-7-14(13)25-16)17(22)21(18)10-12-5-4-8-23-12/h11-12H,2-8,10H2,1H3. The molecule has 0 amide bonds. The highest BCUT2D eigenvalue weighted by molar-refractivity contribution is 8.00. The Morgan fingerprint density at radius 3 is 3.04 bits per heavy atom. The van der Waals surface area contributed by atoms with Crippen LogP contribution >= 0.6 is 23.1 Å². The molecule has 4 rings (SSSR count). The van der Waals surface area contributed by atoms with Crippen molar-refractivity contribution in [3.8, 4) is 6.07 Å². The second kappa shape index (κ2) is 7.10. The molecule has 1 aliphatic carbocycles. The summed E-state index contributed by atoms with van der Waals surface area (Å²) in [6.45, 7) is 3.14. The third-order valence-electron chi connectivity index (χ3n) is 4.91. The van der Waals surface area contributed by atoms with E-state index < -0.39 is 0 Å². The lowest BCUT2D eigenvalue weighted by atomic mass is 9.97. The molecule has 2 aromatic heterocycles. The van der Waals surface area contributed by atoms with Crippen LogP contribution in [0.2, 0.25) is 0 Å². The van der Waals surface area contributed by atoms with Gasteiger partial charge in [0.1, 0.15) is 4.83 Å². The van der Waals surface area contributed by atoms with Crippen LogP contribution in [0.25, 0.3) is 10.2 Å². The van der Waals surface area contributed by atoms with Crippen LogP contribution in [0.5, 0.6) is 0 Å². The second-order valence-corrected chi connectivity index (χ2v) is 9.12. The normalized spacial score (nSPS) is 21.2. The Morgan fingerprint density at radius 2 is 2.28 bits per heavy atom. The summed E-state index contributed by atoms with van der Waals surface area (Å²) in [5, 5.41) is 10.4. The fraction of sp³-hybridized carbons (Fsp3) is 0.611. The van der Waals surface area contributed by atoms with Crippen molar-refractivity contribution in [1.29, 1.82) is 5.26 Å². The van der Waals surface area contributed by atoms with Gasteiger partial charge in [0, 0.05) is 11.5 Å². The van der Waals surface area contributed by atoms with Crippen LogP contribution in [0, 0.1) is 11.3 Å². The molecule has 2 atom stereocenters. The average Bonchev–Trinajstić information content (AvgIpc) is 3.25. The van der Waals surface area contributed by atoms with Crippen molar-refractivity contribution in [1.82, 2.24) is 9.55 Å². The molecule has 0 aromatic carbocycles. The fourth-order valence-corrected chi connectivity index (χ4v) is 5.75. The average molecular weight is 376 g/mol. The molecule has 2 aromatic rings. The van der Waals surface area contributed by atoms with E-state index in [4.69, 9.17) is 9.72 Å². The van der Waals surface area contributed by atoms with Gasteiger partial charge in [0.05, 0.1) is 29.4 Å². The van der Waals surface area contributed by atoms with Gasteiger partial charge in [0.25, 0.3) is 5.56 Å². The van der Waals surface area contributed by atoms with Gasteiger partial charge in [-0.3, -0.25) is 9.36 Å². The number of nitrogens with zero attached hydrogens (tertiary/aromatic N) is 3. The molecular weight excluding hydrogens is 354 g/mol. The van der Waals surface area contributed by atoms with E-state index in [-0.39, 0.29) is 16.9 Å². The lowest BCUT2D eigenvalue weighted by molar-refractivity contribution is 0.0937. The van der Waals surface area contributed by atoms with Crippen LogP contribution in [-0.2, 0) is 24.1 Å². The van der Waals surface area contributed by atoms with Gasteiger partial charge in [-0.1, -0.05) is 11.8 Å². The van der Waals surface area contributed by atoms with Crippen LogP contribution in [0.3, 0.4) is 0 Å². The Morgan fingerprint density at radius 1 is 1.44 bits per heavy atom. The molecule has 3 heterocycles. The summed E-state index contributed by atoms with van der Waals surface area (Å²) in [4.78, 5) is 20.3. The summed E-state index contributed by atoms with van der Waals surface area (Å²) in [5.74, 6) is 0. The summed E-state index contributed by atoms with van der Waals surface area (Å²) in [6, 6.07) is 2.23. The molecule has 132 valence electrons. The predicted molar refractivity (Wildman–Crippen MR) is 100 cm³/mol. The topological polar surface area (TPSA) is 67.9 Å². The molecule has 0 bridgehead atoms. The minimum absolute atomic E-state index is 0.0486. The maximum absolute atomic E-state index is 13.3. The molecular formula is C18H21N3O2S2. The smallest absolute Gasteiger partial charge is 0.263 e. The van der Waals surface area contributed by atoms with E-state index in [9.17, 15) is 10.1 Å². The monoisotopic (exact) mass is 375 g/mol. The number of ether oxygens (including phenoxy) is 1. The molecule has 0 N–H and O–H groups in total. The maximum Gasteiger partial charge on any atom is 0.263 e. The first-order valence-corrected chi connectivity index (χ1v) is 10.6. The number of thiophene rings is 1. The van der Waals surface area contributed by atoms with Gasteiger partial charge in [-0.15, -0.1) is 11.3 Å². The van der Waals surface area contributed by atoms with Crippen LogP contribution in [0.4, 0.5) is 0 Å². The second-order valence-electron chi connectivity index (χ2n) is 6.73. The molecule has 1 fully saturated rings. The zero-order chi connectivity index (χ0) is 17.4. The predicted octanol–water partition coefficient (Wildman–Crippen LogP) is 3.52. The van der Waals surface area contributed by atoms with E-state index in [0.717, 1.165) is 48.9 Å². The largest absolute Gasteiger partial charge is 0.376 e. The van der Waals surface area contributed by atoms with Crippen molar-refractivity contribution in [2.75, 3.05) is 6.61 Å². The fourth-order valence-electron chi connectivity index (χ4n) is 3.65. The number of thioether (sulfide) groups is 1. The number of fused-ring (bicyclic) bond motifs is 3. The van der Waals surface area contributed by atoms with Crippen LogP contribution in [0.15, 0.2) is 9.95 Å². The third-order valence-corrected chi connectivity index (χ3v) is 7.08. The molecule has 0 radical (unpaired) electrons. The van der Waals surface area contributed by atoms with Gasteiger partial charge in [-0.05, 0) is 51.0 Å². The Bertz CT molecular complexity index is 890. The first kappa shape index (κ1) is 17.1. The van der Waals surface area contributed by atoms with Crippen LogP contribution < -0.4 is 5.56 Å². The van der Waals surface area contributed by atoms with E-state index in [1.165, 1.54) is 28.6 Å². The van der Waals surface area contributed by atoms with Crippen molar-refractivity contribution < 1.29 is 4.74 Å². The SMILES string of the molecule is CC(C#N)Sc1nc2sc3c(c2c(=O)n1CC1CCCO1)CCCC3. The summed E-state index contributed by atoms with van der Waals surface area (Å²) in [7, 11) is 0. The molecule has 5 nitrogen and oxygen atoms in total.